The van der Waals surface area contributed by atoms with Crippen LogP contribution in [-0.2, 0) is 4.79 Å². The van der Waals surface area contributed by atoms with Crippen molar-refractivity contribution in [3.05, 3.63) is 69.0 Å². The number of carbonyl (C=O) groups is 1. The van der Waals surface area contributed by atoms with Crippen molar-refractivity contribution in [2.45, 2.75) is 12.5 Å². The number of aromatic hydroxyl groups is 1. The molecule has 3 aromatic rings. The second kappa shape index (κ2) is 8.82. The predicted molar refractivity (Wildman–Crippen MR) is 126 cm³/mol. The highest BCUT2D eigenvalue weighted by molar-refractivity contribution is 7.12. The molecule has 1 N–H and O–H groups in total. The quantitative estimate of drug-likeness (QED) is 0.635. The standard InChI is InChI=1S/C23H24N4O2S2/c28-20-6-2-1-5-18(20)26-11-9-25(10-12-26)16-23(29)27-19(22-8-4-14-31-22)15-17(24-27)21-7-3-13-30-21/h1-8,13-14,19,28H,9-12,15-16H2. The molecule has 1 fully saturated rings. The minimum absolute atomic E-state index is 0.0212. The summed E-state index contributed by atoms with van der Waals surface area (Å²) in [7, 11) is 0. The molecule has 2 aliphatic heterocycles. The molecule has 31 heavy (non-hydrogen) atoms. The largest absolute Gasteiger partial charge is 0.506 e. The first-order valence-corrected chi connectivity index (χ1v) is 12.2. The highest BCUT2D eigenvalue weighted by Crippen LogP contribution is 2.36. The number of hydrogen-bond donors (Lipinski definition) is 1. The number of piperazine rings is 1. The lowest BCUT2D eigenvalue weighted by atomic mass is 10.1. The zero-order valence-corrected chi connectivity index (χ0v) is 18.7. The van der Waals surface area contributed by atoms with E-state index in [-0.39, 0.29) is 11.9 Å². The van der Waals surface area contributed by atoms with Crippen molar-refractivity contribution < 1.29 is 9.90 Å². The SMILES string of the molecule is O=C(CN1CCN(c2ccccc2O)CC1)N1N=C(c2cccs2)CC1c1cccs1. The number of para-hydroxylation sites is 2. The van der Waals surface area contributed by atoms with Crippen LogP contribution in [0.3, 0.4) is 0 Å². The monoisotopic (exact) mass is 452 g/mol. The molecular weight excluding hydrogens is 428 g/mol. The number of phenols is 1. The normalized spacial score (nSPS) is 19.6. The fourth-order valence-electron chi connectivity index (χ4n) is 4.18. The fourth-order valence-corrected chi connectivity index (χ4v) is 5.71. The lowest BCUT2D eigenvalue weighted by Gasteiger charge is -2.36. The van der Waals surface area contributed by atoms with E-state index in [0.29, 0.717) is 12.3 Å². The molecule has 1 atom stereocenters. The number of thiophene rings is 2. The number of amides is 1. The topological polar surface area (TPSA) is 59.4 Å². The van der Waals surface area contributed by atoms with Gasteiger partial charge in [0.15, 0.2) is 0 Å². The van der Waals surface area contributed by atoms with Gasteiger partial charge >= 0.3 is 0 Å². The van der Waals surface area contributed by atoms with Gasteiger partial charge < -0.3 is 10.0 Å². The fraction of sp³-hybridized carbons (Fsp3) is 0.304. The molecule has 2 aromatic heterocycles. The van der Waals surface area contributed by atoms with E-state index in [9.17, 15) is 9.90 Å². The molecule has 8 heteroatoms. The van der Waals surface area contributed by atoms with Gasteiger partial charge in [-0.25, -0.2) is 5.01 Å². The first-order chi connectivity index (χ1) is 15.2. The number of anilines is 1. The lowest BCUT2D eigenvalue weighted by molar-refractivity contribution is -0.134. The number of nitrogens with zero attached hydrogens (tertiary/aromatic N) is 4. The molecule has 1 aromatic carbocycles. The van der Waals surface area contributed by atoms with E-state index in [2.05, 4.69) is 27.3 Å². The molecule has 1 saturated heterocycles. The smallest absolute Gasteiger partial charge is 0.257 e. The summed E-state index contributed by atoms with van der Waals surface area (Å²) in [4.78, 5) is 19.9. The third kappa shape index (κ3) is 4.23. The first-order valence-electron chi connectivity index (χ1n) is 10.4. The Bertz CT molecular complexity index is 1060. The molecule has 4 heterocycles. The van der Waals surface area contributed by atoms with Crippen LogP contribution in [0.1, 0.15) is 22.2 Å². The van der Waals surface area contributed by atoms with Gasteiger partial charge in [0.05, 0.1) is 28.9 Å². The zero-order chi connectivity index (χ0) is 21.2. The Morgan fingerprint density at radius 2 is 1.77 bits per heavy atom. The van der Waals surface area contributed by atoms with Crippen LogP contribution < -0.4 is 4.90 Å². The van der Waals surface area contributed by atoms with Gasteiger partial charge in [0, 0.05) is 37.5 Å². The highest BCUT2D eigenvalue weighted by atomic mass is 32.1. The number of rotatable bonds is 5. The van der Waals surface area contributed by atoms with Crippen molar-refractivity contribution in [3.8, 4) is 5.75 Å². The van der Waals surface area contributed by atoms with Crippen LogP contribution in [0.15, 0.2) is 64.4 Å². The Balaban J connectivity index is 1.26. The van der Waals surface area contributed by atoms with Crippen LogP contribution in [0.2, 0.25) is 0 Å². The Labute approximate surface area is 189 Å². The van der Waals surface area contributed by atoms with Crippen LogP contribution in [0.25, 0.3) is 0 Å². The molecule has 0 aliphatic carbocycles. The summed E-state index contributed by atoms with van der Waals surface area (Å²) >= 11 is 3.34. The lowest BCUT2D eigenvalue weighted by Crippen LogP contribution is -2.49. The summed E-state index contributed by atoms with van der Waals surface area (Å²) in [5.41, 5.74) is 1.85. The summed E-state index contributed by atoms with van der Waals surface area (Å²) in [6.45, 7) is 3.47. The average Bonchev–Trinajstić information content (AvgIpc) is 3.55. The summed E-state index contributed by atoms with van der Waals surface area (Å²) in [5.74, 6) is 0.347. The maximum absolute atomic E-state index is 13.3. The average molecular weight is 453 g/mol. The molecule has 6 nitrogen and oxygen atoms in total. The van der Waals surface area contributed by atoms with Gasteiger partial charge in [-0.15, -0.1) is 22.7 Å². The van der Waals surface area contributed by atoms with Gasteiger partial charge in [-0.05, 0) is 35.0 Å². The van der Waals surface area contributed by atoms with E-state index in [0.717, 1.165) is 48.9 Å². The van der Waals surface area contributed by atoms with Gasteiger partial charge in [-0.2, -0.15) is 5.10 Å². The molecule has 1 unspecified atom stereocenters. The van der Waals surface area contributed by atoms with Crippen molar-refractivity contribution in [2.75, 3.05) is 37.6 Å². The van der Waals surface area contributed by atoms with Gasteiger partial charge in [-0.1, -0.05) is 24.3 Å². The zero-order valence-electron chi connectivity index (χ0n) is 17.1. The first kappa shape index (κ1) is 20.2. The van der Waals surface area contributed by atoms with E-state index >= 15 is 0 Å². The highest BCUT2D eigenvalue weighted by Gasteiger charge is 2.35. The summed E-state index contributed by atoms with van der Waals surface area (Å²) in [6.07, 6.45) is 0.758. The molecule has 0 saturated carbocycles. The number of benzene rings is 1. The molecule has 1 amide bonds. The third-order valence-electron chi connectivity index (χ3n) is 5.80. The van der Waals surface area contributed by atoms with Crippen molar-refractivity contribution >= 4 is 40.0 Å². The summed E-state index contributed by atoms with van der Waals surface area (Å²) in [6, 6.07) is 15.6. The minimum Gasteiger partial charge on any atom is -0.506 e. The van der Waals surface area contributed by atoms with Crippen molar-refractivity contribution in [1.82, 2.24) is 9.91 Å². The van der Waals surface area contributed by atoms with Gasteiger partial charge in [0.25, 0.3) is 5.91 Å². The van der Waals surface area contributed by atoms with Crippen LogP contribution in [0.5, 0.6) is 5.75 Å². The van der Waals surface area contributed by atoms with Crippen molar-refractivity contribution in [2.24, 2.45) is 5.10 Å². The summed E-state index contributed by atoms with van der Waals surface area (Å²) in [5, 5.41) is 20.7. The van der Waals surface area contributed by atoms with Crippen LogP contribution in [0, 0.1) is 0 Å². The molecule has 0 radical (unpaired) electrons. The Morgan fingerprint density at radius 3 is 2.48 bits per heavy atom. The maximum atomic E-state index is 13.3. The van der Waals surface area contributed by atoms with Gasteiger partial charge in [-0.3, -0.25) is 9.69 Å². The molecule has 5 rings (SSSR count). The van der Waals surface area contributed by atoms with Crippen molar-refractivity contribution in [1.29, 1.82) is 0 Å². The minimum atomic E-state index is -0.0212. The second-order valence-corrected chi connectivity index (χ2v) is 9.68. The molecular formula is C23H24N4O2S2. The van der Waals surface area contributed by atoms with Gasteiger partial charge in [0.2, 0.25) is 0 Å². The number of carbonyl (C=O) groups excluding carboxylic acids is 1. The van der Waals surface area contributed by atoms with E-state index in [1.54, 1.807) is 33.7 Å². The second-order valence-electron chi connectivity index (χ2n) is 7.75. The molecule has 160 valence electrons. The third-order valence-corrected chi connectivity index (χ3v) is 7.69. The number of hydrazone groups is 1. The molecule has 0 bridgehead atoms. The Kier molecular flexibility index (Phi) is 5.76. The van der Waals surface area contributed by atoms with E-state index in [4.69, 9.17) is 5.10 Å². The van der Waals surface area contributed by atoms with Gasteiger partial charge in [0.1, 0.15) is 5.75 Å². The number of phenolic OH excluding ortho intramolecular Hbond substituents is 1. The van der Waals surface area contributed by atoms with Crippen LogP contribution in [-0.4, -0.2) is 59.4 Å². The summed E-state index contributed by atoms with van der Waals surface area (Å²) < 4.78 is 0. The van der Waals surface area contributed by atoms with E-state index in [1.807, 2.05) is 35.7 Å². The van der Waals surface area contributed by atoms with Crippen LogP contribution in [0.4, 0.5) is 5.69 Å². The van der Waals surface area contributed by atoms with Crippen LogP contribution >= 0.6 is 22.7 Å². The Hall–Kier alpha value is -2.68. The maximum Gasteiger partial charge on any atom is 0.257 e. The molecule has 2 aliphatic rings. The molecule has 0 spiro atoms. The van der Waals surface area contributed by atoms with E-state index < -0.39 is 0 Å². The predicted octanol–water partition coefficient (Wildman–Crippen LogP) is 4.02. The number of hydrogen-bond acceptors (Lipinski definition) is 7. The Morgan fingerprint density at radius 1 is 1.00 bits per heavy atom. The van der Waals surface area contributed by atoms with E-state index in [1.165, 1.54) is 4.88 Å². The van der Waals surface area contributed by atoms with Crippen molar-refractivity contribution in [3.63, 3.8) is 0 Å².